The van der Waals surface area contributed by atoms with Gasteiger partial charge >= 0.3 is 11.9 Å². The molecule has 0 spiro atoms. The summed E-state index contributed by atoms with van der Waals surface area (Å²) in [6.45, 7) is 4.62. The number of hydrogen-bond donors (Lipinski definition) is 0. The zero-order valence-electron chi connectivity index (χ0n) is 51.5. The molecule has 0 aromatic heterocycles. The molecule has 452 valence electrons. The average Bonchev–Trinajstić information content (AvgIpc) is 3.42. The molecule has 2 unspecified atom stereocenters. The molecule has 0 radical (unpaired) electrons. The van der Waals surface area contributed by atoms with Gasteiger partial charge in [-0.3, -0.25) is 9.59 Å². The summed E-state index contributed by atoms with van der Waals surface area (Å²) in [6.07, 6.45) is 80.0. The summed E-state index contributed by atoms with van der Waals surface area (Å²) in [5.74, 6) is -2.30. The zero-order chi connectivity index (χ0) is 57.6. The maximum absolute atomic E-state index is 12.9. The van der Waals surface area contributed by atoms with E-state index in [0.717, 1.165) is 96.3 Å². The van der Waals surface area contributed by atoms with Crippen molar-refractivity contribution < 1.29 is 42.9 Å². The van der Waals surface area contributed by atoms with Crippen molar-refractivity contribution >= 4 is 17.9 Å². The third-order valence-corrected chi connectivity index (χ3v) is 13.5. The second kappa shape index (κ2) is 60.1. The quantitative estimate of drug-likeness (QED) is 0.0195. The molecule has 0 amide bonds. The van der Waals surface area contributed by atoms with E-state index >= 15 is 0 Å². The maximum atomic E-state index is 12.9. The van der Waals surface area contributed by atoms with E-state index in [1.165, 1.54) is 128 Å². The van der Waals surface area contributed by atoms with Crippen molar-refractivity contribution in [1.29, 1.82) is 0 Å². The summed E-state index contributed by atoms with van der Waals surface area (Å²) >= 11 is 0. The van der Waals surface area contributed by atoms with Crippen LogP contribution in [0.4, 0.5) is 0 Å². The fourth-order valence-corrected chi connectivity index (χ4v) is 8.61. The molecule has 0 rings (SSSR count). The minimum Gasteiger partial charge on any atom is -0.545 e. The van der Waals surface area contributed by atoms with Crippen molar-refractivity contribution in [2.24, 2.45) is 0 Å². The molecule has 0 aliphatic carbocycles. The normalized spacial score (nSPS) is 13.5. The monoisotopic (exact) mass is 1100 g/mol. The smallest absolute Gasteiger partial charge is 0.306 e. The predicted molar refractivity (Wildman–Crippen MR) is 333 cm³/mol. The molecule has 0 bridgehead atoms. The van der Waals surface area contributed by atoms with Crippen LogP contribution in [0.3, 0.4) is 0 Å². The Kier molecular flexibility index (Phi) is 57.0. The number of likely N-dealkylation sites (N-methyl/N-ethyl adjacent to an activating group) is 1. The van der Waals surface area contributed by atoms with Gasteiger partial charge in [-0.2, -0.15) is 0 Å². The highest BCUT2D eigenvalue weighted by Gasteiger charge is 2.22. The number of ether oxygens (including phenoxy) is 4. The lowest BCUT2D eigenvalue weighted by Crippen LogP contribution is -2.44. The Morgan fingerprint density at radius 1 is 0.392 bits per heavy atom. The van der Waals surface area contributed by atoms with E-state index in [2.05, 4.69) is 123 Å². The highest BCUT2D eigenvalue weighted by atomic mass is 16.7. The van der Waals surface area contributed by atoms with E-state index in [0.29, 0.717) is 17.4 Å². The Labute approximate surface area is 485 Å². The number of quaternary nitrogens is 1. The van der Waals surface area contributed by atoms with E-state index in [4.69, 9.17) is 18.9 Å². The number of aliphatic carboxylic acids is 1. The van der Waals surface area contributed by atoms with Crippen molar-refractivity contribution in [3.63, 3.8) is 0 Å². The summed E-state index contributed by atoms with van der Waals surface area (Å²) in [5, 5.41) is 11.8. The molecule has 0 saturated heterocycles. The summed E-state index contributed by atoms with van der Waals surface area (Å²) in [7, 11) is 5.92. The van der Waals surface area contributed by atoms with E-state index in [-0.39, 0.29) is 38.6 Å². The molecule has 9 nitrogen and oxygen atoms in total. The number of unbranched alkanes of at least 4 members (excludes halogenated alkanes) is 25. The molecule has 0 aliphatic rings. The van der Waals surface area contributed by atoms with Crippen molar-refractivity contribution in [2.75, 3.05) is 47.5 Å². The minimum absolute atomic E-state index is 0.140. The first-order valence-corrected chi connectivity index (χ1v) is 32.0. The molecule has 79 heavy (non-hydrogen) atoms. The lowest BCUT2D eigenvalue weighted by molar-refractivity contribution is -0.870. The van der Waals surface area contributed by atoms with Gasteiger partial charge in [-0.25, -0.2) is 0 Å². The lowest BCUT2D eigenvalue weighted by Gasteiger charge is -2.26. The Balaban J connectivity index is 4.24. The standard InChI is InChI=1S/C70H119NO8/c1-6-8-10-12-14-16-18-20-22-24-26-28-30-32-33-34-35-37-39-41-43-45-47-49-51-53-55-57-59-61-68(73)79-66(65-78-70(69(74)75)76-63-62-71(3,4)5)64-77-67(72)60-58-56-54-52-50-48-46-44-42-40-38-36-31-29-27-25-23-21-19-17-15-13-11-9-7-2/h8,10,14,16,19-22,25-28,32-33,35,37,41,43,66,70H,6-7,9,11-13,15,17-18,23-24,29-31,34,36,38-40,42,44-65H2,1-5H3/b10-8-,16-14-,21-19-,22-20-,27-25-,28-26-,33-32-,37-35-,43-41-. The van der Waals surface area contributed by atoms with Crippen LogP contribution in [0.25, 0.3) is 0 Å². The first kappa shape index (κ1) is 75.0. The first-order chi connectivity index (χ1) is 38.6. The Hall–Kier alpha value is -4.05. The largest absolute Gasteiger partial charge is 0.545 e. The van der Waals surface area contributed by atoms with Crippen LogP contribution < -0.4 is 5.11 Å². The van der Waals surface area contributed by atoms with Crippen LogP contribution in [-0.2, 0) is 33.3 Å². The van der Waals surface area contributed by atoms with E-state index in [1.54, 1.807) is 0 Å². The number of carbonyl (C=O) groups is 3. The van der Waals surface area contributed by atoms with Gasteiger partial charge < -0.3 is 33.3 Å². The van der Waals surface area contributed by atoms with Gasteiger partial charge in [-0.05, 0) is 103 Å². The maximum Gasteiger partial charge on any atom is 0.306 e. The first-order valence-electron chi connectivity index (χ1n) is 32.0. The minimum atomic E-state index is -1.63. The molecule has 0 saturated carbocycles. The molecule has 0 heterocycles. The SMILES string of the molecule is CC/C=C\C/C=C\C/C=C\C/C=C\C/C=C\C/C=C\C/C=C\CCCCCCCCCC(=O)OC(COC(=O)CCCCCCCCCCCCCCC/C=C\C/C=C\CCCCCCC)COC(OCC[N+](C)(C)C)C(=O)[O-]. The Bertz CT molecular complexity index is 1660. The second-order valence-electron chi connectivity index (χ2n) is 22.3. The van der Waals surface area contributed by atoms with Gasteiger partial charge in [0.1, 0.15) is 13.2 Å². The average molecular weight is 1100 g/mol. The number of allylic oxidation sites excluding steroid dienone is 18. The molecule has 0 aliphatic heterocycles. The van der Waals surface area contributed by atoms with Crippen LogP contribution in [0, 0.1) is 0 Å². The Morgan fingerprint density at radius 2 is 0.722 bits per heavy atom. The van der Waals surface area contributed by atoms with E-state index < -0.39 is 24.3 Å². The zero-order valence-corrected chi connectivity index (χ0v) is 51.5. The number of hydrogen-bond acceptors (Lipinski definition) is 8. The van der Waals surface area contributed by atoms with Crippen LogP contribution >= 0.6 is 0 Å². The third kappa shape index (κ3) is 61.4. The summed E-state index contributed by atoms with van der Waals surface area (Å²) < 4.78 is 22.7. The molecule has 0 aromatic carbocycles. The van der Waals surface area contributed by atoms with Gasteiger partial charge in [0, 0.05) is 12.8 Å². The van der Waals surface area contributed by atoms with Crippen molar-refractivity contribution in [2.45, 2.75) is 270 Å². The van der Waals surface area contributed by atoms with Crippen molar-refractivity contribution in [1.82, 2.24) is 0 Å². The summed E-state index contributed by atoms with van der Waals surface area (Å²) in [4.78, 5) is 37.4. The number of carbonyl (C=O) groups excluding carboxylic acids is 3. The van der Waals surface area contributed by atoms with Crippen LogP contribution in [0.1, 0.15) is 258 Å². The fourth-order valence-electron chi connectivity index (χ4n) is 8.61. The summed E-state index contributed by atoms with van der Waals surface area (Å²) in [6, 6.07) is 0. The molecule has 0 aromatic rings. The highest BCUT2D eigenvalue weighted by molar-refractivity contribution is 5.70. The van der Waals surface area contributed by atoms with Gasteiger partial charge in [0.05, 0.1) is 40.3 Å². The molecular formula is C70H119NO8. The topological polar surface area (TPSA) is 111 Å². The number of rotatable bonds is 58. The van der Waals surface area contributed by atoms with E-state index in [1.807, 2.05) is 21.1 Å². The molecule has 0 fully saturated rings. The molecule has 9 heteroatoms. The number of carboxylic acids is 1. The third-order valence-electron chi connectivity index (χ3n) is 13.5. The molecule has 0 N–H and O–H groups in total. The van der Waals surface area contributed by atoms with E-state index in [9.17, 15) is 19.5 Å². The van der Waals surface area contributed by atoms with Crippen LogP contribution in [0.15, 0.2) is 109 Å². The van der Waals surface area contributed by atoms with Crippen LogP contribution in [-0.4, -0.2) is 82.3 Å². The van der Waals surface area contributed by atoms with Crippen molar-refractivity contribution in [3.05, 3.63) is 109 Å². The second-order valence-corrected chi connectivity index (χ2v) is 22.3. The van der Waals surface area contributed by atoms with Crippen LogP contribution in [0.2, 0.25) is 0 Å². The number of nitrogens with zero attached hydrogens (tertiary/aromatic N) is 1. The fraction of sp³-hybridized carbons (Fsp3) is 0.700. The van der Waals surface area contributed by atoms with Gasteiger partial charge in [0.25, 0.3) is 0 Å². The van der Waals surface area contributed by atoms with Gasteiger partial charge in [0.15, 0.2) is 12.4 Å². The number of esters is 2. The van der Waals surface area contributed by atoms with Gasteiger partial charge in [0.2, 0.25) is 0 Å². The summed E-state index contributed by atoms with van der Waals surface area (Å²) in [5.41, 5.74) is 0. The van der Waals surface area contributed by atoms with Gasteiger partial charge in [-0.1, -0.05) is 252 Å². The van der Waals surface area contributed by atoms with Crippen LogP contribution in [0.5, 0.6) is 0 Å². The molecule has 2 atom stereocenters. The van der Waals surface area contributed by atoms with Gasteiger partial charge in [-0.15, -0.1) is 0 Å². The Morgan fingerprint density at radius 3 is 1.08 bits per heavy atom. The number of carboxylic acid groups (broad SMARTS) is 1. The highest BCUT2D eigenvalue weighted by Crippen LogP contribution is 2.16. The van der Waals surface area contributed by atoms with Crippen molar-refractivity contribution in [3.8, 4) is 0 Å². The molecular weight excluding hydrogens is 983 g/mol. The predicted octanol–water partition coefficient (Wildman–Crippen LogP) is 18.1. The lowest BCUT2D eigenvalue weighted by atomic mass is 10.0.